The summed E-state index contributed by atoms with van der Waals surface area (Å²) in [5.74, 6) is -1.55. The summed E-state index contributed by atoms with van der Waals surface area (Å²) >= 11 is 0. The molecule has 0 saturated heterocycles. The lowest BCUT2D eigenvalue weighted by atomic mass is 9.94. The van der Waals surface area contributed by atoms with E-state index in [9.17, 15) is 14.4 Å². The van der Waals surface area contributed by atoms with Crippen molar-refractivity contribution in [2.24, 2.45) is 5.41 Å². The molecule has 0 heterocycles. The highest BCUT2D eigenvalue weighted by Gasteiger charge is 2.28. The lowest BCUT2D eigenvalue weighted by Crippen LogP contribution is -2.48. The summed E-state index contributed by atoms with van der Waals surface area (Å²) in [6.45, 7) is 6.33. The summed E-state index contributed by atoms with van der Waals surface area (Å²) in [6.07, 6.45) is 0. The van der Waals surface area contributed by atoms with Crippen LogP contribution in [0.4, 0.5) is 4.79 Å². The van der Waals surface area contributed by atoms with Gasteiger partial charge in [-0.2, -0.15) is 0 Å². The van der Waals surface area contributed by atoms with Gasteiger partial charge in [-0.1, -0.05) is 0 Å². The number of ether oxygens (including phenoxy) is 1. The first-order valence-electron chi connectivity index (χ1n) is 5.65. The fourth-order valence-electron chi connectivity index (χ4n) is 0.951. The van der Waals surface area contributed by atoms with Gasteiger partial charge in [0.2, 0.25) is 0 Å². The quantitative estimate of drug-likeness (QED) is 0.598. The summed E-state index contributed by atoms with van der Waals surface area (Å²) < 4.78 is 4.71. The molecular formula is C11H20N2O5. The van der Waals surface area contributed by atoms with Crippen molar-refractivity contribution in [2.75, 3.05) is 13.2 Å². The largest absolute Gasteiger partial charge is 0.481 e. The minimum absolute atomic E-state index is 0.0380. The van der Waals surface area contributed by atoms with E-state index < -0.39 is 29.4 Å². The van der Waals surface area contributed by atoms with Crippen molar-refractivity contribution in [3.8, 4) is 0 Å². The van der Waals surface area contributed by atoms with E-state index in [1.807, 2.05) is 0 Å². The van der Waals surface area contributed by atoms with Gasteiger partial charge >= 0.3 is 18.0 Å². The van der Waals surface area contributed by atoms with Crippen LogP contribution in [0, 0.1) is 5.41 Å². The average Bonchev–Trinajstić information content (AvgIpc) is 2.26. The molecule has 1 unspecified atom stereocenters. The molecule has 18 heavy (non-hydrogen) atoms. The Morgan fingerprint density at radius 1 is 1.33 bits per heavy atom. The van der Waals surface area contributed by atoms with Gasteiger partial charge in [-0.3, -0.25) is 4.79 Å². The highest BCUT2D eigenvalue weighted by molar-refractivity contribution is 5.83. The number of carbonyl (C=O) groups is 3. The van der Waals surface area contributed by atoms with Gasteiger partial charge in [-0.05, 0) is 27.7 Å². The second-order valence-electron chi connectivity index (χ2n) is 4.49. The van der Waals surface area contributed by atoms with Crippen LogP contribution in [0.15, 0.2) is 0 Å². The Morgan fingerprint density at radius 2 is 1.89 bits per heavy atom. The van der Waals surface area contributed by atoms with Crippen molar-refractivity contribution in [1.82, 2.24) is 10.6 Å². The summed E-state index contributed by atoms with van der Waals surface area (Å²) in [5.41, 5.74) is -1.06. The van der Waals surface area contributed by atoms with E-state index >= 15 is 0 Å². The smallest absolute Gasteiger partial charge is 0.328 e. The molecular weight excluding hydrogens is 240 g/mol. The summed E-state index contributed by atoms with van der Waals surface area (Å²) in [7, 11) is 0. The zero-order valence-corrected chi connectivity index (χ0v) is 11.1. The molecule has 0 aromatic carbocycles. The van der Waals surface area contributed by atoms with Crippen LogP contribution in [0.2, 0.25) is 0 Å². The monoisotopic (exact) mass is 260 g/mol. The topological polar surface area (TPSA) is 105 Å². The predicted molar refractivity (Wildman–Crippen MR) is 64.0 cm³/mol. The molecule has 0 fully saturated rings. The van der Waals surface area contributed by atoms with Gasteiger partial charge in [0.1, 0.15) is 6.04 Å². The van der Waals surface area contributed by atoms with Crippen LogP contribution < -0.4 is 10.6 Å². The molecule has 7 heteroatoms. The van der Waals surface area contributed by atoms with E-state index in [0.717, 1.165) is 0 Å². The lowest BCUT2D eigenvalue weighted by molar-refractivity contribution is -0.147. The van der Waals surface area contributed by atoms with Crippen molar-refractivity contribution in [2.45, 2.75) is 33.7 Å². The maximum Gasteiger partial charge on any atom is 0.328 e. The number of nitrogens with one attached hydrogen (secondary N) is 2. The minimum Gasteiger partial charge on any atom is -0.481 e. The van der Waals surface area contributed by atoms with Crippen molar-refractivity contribution in [3.05, 3.63) is 0 Å². The minimum atomic E-state index is -1.06. The predicted octanol–water partition coefficient (Wildman–Crippen LogP) is 0.348. The van der Waals surface area contributed by atoms with Gasteiger partial charge in [0, 0.05) is 6.54 Å². The SMILES string of the molecule is CCOC(=O)C(C)NC(=O)NCC(C)(C)C(=O)O. The van der Waals surface area contributed by atoms with Crippen molar-refractivity contribution in [3.63, 3.8) is 0 Å². The molecule has 0 aromatic heterocycles. The first-order chi connectivity index (χ1) is 8.20. The number of urea groups is 1. The Bertz CT molecular complexity index is 327. The Labute approximate surface area is 106 Å². The van der Waals surface area contributed by atoms with E-state index in [1.165, 1.54) is 20.8 Å². The van der Waals surface area contributed by atoms with Crippen LogP contribution in [-0.4, -0.2) is 42.3 Å². The Kier molecular flexibility index (Phi) is 6.15. The van der Waals surface area contributed by atoms with Gasteiger partial charge in [0.15, 0.2) is 0 Å². The van der Waals surface area contributed by atoms with E-state index in [0.29, 0.717) is 0 Å². The summed E-state index contributed by atoms with van der Waals surface area (Å²) in [4.78, 5) is 33.4. The van der Waals surface area contributed by atoms with Gasteiger partial charge in [0.25, 0.3) is 0 Å². The van der Waals surface area contributed by atoms with Gasteiger partial charge in [0.05, 0.1) is 12.0 Å². The Morgan fingerprint density at radius 3 is 2.33 bits per heavy atom. The molecule has 0 aliphatic heterocycles. The molecule has 0 spiro atoms. The van der Waals surface area contributed by atoms with Crippen LogP contribution in [0.5, 0.6) is 0 Å². The molecule has 0 radical (unpaired) electrons. The van der Waals surface area contributed by atoms with Crippen molar-refractivity contribution >= 4 is 18.0 Å². The molecule has 0 aliphatic carbocycles. The van der Waals surface area contributed by atoms with E-state index in [4.69, 9.17) is 9.84 Å². The molecule has 104 valence electrons. The average molecular weight is 260 g/mol. The summed E-state index contributed by atoms with van der Waals surface area (Å²) in [6, 6.07) is -1.39. The van der Waals surface area contributed by atoms with E-state index in [1.54, 1.807) is 6.92 Å². The van der Waals surface area contributed by atoms with Crippen LogP contribution >= 0.6 is 0 Å². The van der Waals surface area contributed by atoms with Crippen molar-refractivity contribution < 1.29 is 24.2 Å². The third kappa shape index (κ3) is 5.51. The normalized spacial score (nSPS) is 12.4. The number of amides is 2. The van der Waals surface area contributed by atoms with E-state index in [2.05, 4.69) is 10.6 Å². The Balaban J connectivity index is 4.13. The molecule has 7 nitrogen and oxygen atoms in total. The fraction of sp³-hybridized carbons (Fsp3) is 0.727. The zero-order valence-electron chi connectivity index (χ0n) is 11.1. The molecule has 1 atom stereocenters. The fourth-order valence-corrected chi connectivity index (χ4v) is 0.951. The Hall–Kier alpha value is -1.79. The number of carboxylic acid groups (broad SMARTS) is 1. The first-order valence-corrected chi connectivity index (χ1v) is 5.65. The maximum atomic E-state index is 11.4. The highest BCUT2D eigenvalue weighted by atomic mass is 16.5. The molecule has 2 amide bonds. The second kappa shape index (κ2) is 6.83. The summed E-state index contributed by atoms with van der Waals surface area (Å²) in [5, 5.41) is 13.6. The van der Waals surface area contributed by atoms with Crippen molar-refractivity contribution in [1.29, 1.82) is 0 Å². The van der Waals surface area contributed by atoms with Crippen LogP contribution in [0.3, 0.4) is 0 Å². The van der Waals surface area contributed by atoms with Crippen LogP contribution in [0.25, 0.3) is 0 Å². The lowest BCUT2D eigenvalue weighted by Gasteiger charge is -2.20. The number of carbonyl (C=O) groups excluding carboxylic acids is 2. The van der Waals surface area contributed by atoms with Gasteiger partial charge in [-0.15, -0.1) is 0 Å². The first kappa shape index (κ1) is 16.2. The standard InChI is InChI=1S/C11H20N2O5/c1-5-18-8(14)7(2)13-10(17)12-6-11(3,4)9(15)16/h7H,5-6H2,1-4H3,(H,15,16)(H2,12,13,17). The number of esters is 1. The number of hydrogen-bond donors (Lipinski definition) is 3. The third-order valence-corrected chi connectivity index (χ3v) is 2.26. The molecule has 0 saturated carbocycles. The maximum absolute atomic E-state index is 11.4. The molecule has 3 N–H and O–H groups in total. The molecule has 0 rings (SSSR count). The highest BCUT2D eigenvalue weighted by Crippen LogP contribution is 2.12. The number of aliphatic carboxylic acids is 1. The van der Waals surface area contributed by atoms with E-state index in [-0.39, 0.29) is 13.2 Å². The van der Waals surface area contributed by atoms with Gasteiger partial charge in [-0.25, -0.2) is 9.59 Å². The molecule has 0 bridgehead atoms. The molecule has 0 aliphatic rings. The second-order valence-corrected chi connectivity index (χ2v) is 4.49. The zero-order chi connectivity index (χ0) is 14.3. The number of rotatable bonds is 6. The van der Waals surface area contributed by atoms with Crippen LogP contribution in [-0.2, 0) is 14.3 Å². The third-order valence-electron chi connectivity index (χ3n) is 2.26. The van der Waals surface area contributed by atoms with Gasteiger partial charge < -0.3 is 20.5 Å². The van der Waals surface area contributed by atoms with Crippen LogP contribution in [0.1, 0.15) is 27.7 Å². The number of hydrogen-bond acceptors (Lipinski definition) is 4. The molecule has 0 aromatic rings. The number of carboxylic acids is 1.